The van der Waals surface area contributed by atoms with Gasteiger partial charge in [-0.25, -0.2) is 4.57 Å². The molecule has 0 spiro atoms. The maximum Gasteiger partial charge on any atom is 0.266 e. The Hall–Kier alpha value is -4.24. The lowest BCUT2D eigenvalue weighted by molar-refractivity contribution is 0.796. The van der Waals surface area contributed by atoms with Crippen LogP contribution in [0.15, 0.2) is 88.5 Å². The number of rotatable bonds is 3. The lowest BCUT2D eigenvalue weighted by Crippen LogP contribution is -2.26. The Balaban J connectivity index is 1.78. The molecule has 0 N–H and O–H groups in total. The Bertz CT molecular complexity index is 2100. The van der Waals surface area contributed by atoms with Crippen LogP contribution in [0.3, 0.4) is 0 Å². The van der Waals surface area contributed by atoms with Gasteiger partial charge >= 0.3 is 0 Å². The predicted molar refractivity (Wildman–Crippen MR) is 156 cm³/mol. The van der Waals surface area contributed by atoms with Gasteiger partial charge in [0.1, 0.15) is 0 Å². The number of para-hydroxylation sites is 1. The third-order valence-electron chi connectivity index (χ3n) is 8.05. The van der Waals surface area contributed by atoms with Crippen molar-refractivity contribution in [3.05, 3.63) is 111 Å². The van der Waals surface area contributed by atoms with E-state index in [1.807, 2.05) is 36.4 Å². The van der Waals surface area contributed by atoms with Crippen molar-refractivity contribution in [2.45, 2.75) is 39.5 Å². The van der Waals surface area contributed by atoms with Gasteiger partial charge in [0.2, 0.25) is 0 Å². The number of benzene rings is 6. The van der Waals surface area contributed by atoms with E-state index >= 15 is 0 Å². The molecule has 7 aromatic rings. The first-order valence-corrected chi connectivity index (χ1v) is 13.0. The van der Waals surface area contributed by atoms with Crippen LogP contribution in [0.1, 0.15) is 50.7 Å². The smallest absolute Gasteiger partial charge is 0.266 e. The molecular weight excluding hydrogens is 454 g/mol. The van der Waals surface area contributed by atoms with E-state index in [1.54, 1.807) is 0 Å². The van der Waals surface area contributed by atoms with Crippen LogP contribution in [0.2, 0.25) is 0 Å². The van der Waals surface area contributed by atoms with Gasteiger partial charge in [-0.3, -0.25) is 9.59 Å². The highest BCUT2D eigenvalue weighted by molar-refractivity contribution is 6.37. The minimum atomic E-state index is -0.232. The molecule has 0 saturated carbocycles. The summed E-state index contributed by atoms with van der Waals surface area (Å²) in [7, 11) is 0. The van der Waals surface area contributed by atoms with E-state index in [0.29, 0.717) is 10.8 Å². The lowest BCUT2D eigenvalue weighted by atomic mass is 9.88. The number of aromatic nitrogens is 1. The van der Waals surface area contributed by atoms with E-state index < -0.39 is 0 Å². The molecule has 0 aliphatic carbocycles. The summed E-state index contributed by atoms with van der Waals surface area (Å²) in [5, 5.41) is 9.54. The van der Waals surface area contributed by atoms with Gasteiger partial charge in [-0.15, -0.1) is 0 Å². The highest BCUT2D eigenvalue weighted by Gasteiger charge is 2.25. The molecule has 1 heterocycles. The number of hydrogen-bond donors (Lipinski definition) is 0. The van der Waals surface area contributed by atoms with Gasteiger partial charge in [0, 0.05) is 5.39 Å². The highest BCUT2D eigenvalue weighted by atomic mass is 16.2. The molecule has 1 aromatic heterocycles. The van der Waals surface area contributed by atoms with E-state index in [1.165, 1.54) is 9.95 Å². The molecule has 0 bridgehead atoms. The van der Waals surface area contributed by atoms with Crippen molar-refractivity contribution in [2.75, 3.05) is 0 Å². The van der Waals surface area contributed by atoms with Crippen molar-refractivity contribution in [2.24, 2.45) is 0 Å². The number of fused-ring (bicyclic) bond motifs is 4. The Morgan fingerprint density at radius 2 is 1.05 bits per heavy atom. The Morgan fingerprint density at radius 1 is 0.514 bits per heavy atom. The molecule has 37 heavy (non-hydrogen) atoms. The minimum Gasteiger partial charge on any atom is -0.268 e. The molecule has 3 nitrogen and oxygen atoms in total. The van der Waals surface area contributed by atoms with Crippen molar-refractivity contribution in [1.82, 2.24) is 4.57 Å². The van der Waals surface area contributed by atoms with Gasteiger partial charge in [-0.05, 0) is 66.7 Å². The first kappa shape index (κ1) is 22.0. The molecule has 0 aliphatic rings. The first-order valence-electron chi connectivity index (χ1n) is 13.0. The second-order valence-corrected chi connectivity index (χ2v) is 10.8. The third kappa shape index (κ3) is 2.83. The summed E-state index contributed by atoms with van der Waals surface area (Å²) in [6.45, 7) is 8.46. The summed E-state index contributed by atoms with van der Waals surface area (Å²) in [6, 6.07) is 26.9. The zero-order valence-electron chi connectivity index (χ0n) is 21.4. The largest absolute Gasteiger partial charge is 0.268 e. The topological polar surface area (TPSA) is 39.1 Å². The Kier molecular flexibility index (Phi) is 4.54. The van der Waals surface area contributed by atoms with Gasteiger partial charge in [-0.2, -0.15) is 0 Å². The second-order valence-electron chi connectivity index (χ2n) is 10.8. The molecule has 0 fully saturated rings. The van der Waals surface area contributed by atoms with Gasteiger partial charge in [0.05, 0.1) is 16.5 Å². The average molecular weight is 482 g/mol. The number of nitrogens with zero attached hydrogens (tertiary/aromatic N) is 1. The van der Waals surface area contributed by atoms with E-state index in [2.05, 4.69) is 70.2 Å². The second kappa shape index (κ2) is 7.63. The molecular formula is C34H27NO2. The van der Waals surface area contributed by atoms with Crippen LogP contribution in [-0.2, 0) is 0 Å². The maximum atomic E-state index is 14.5. The van der Waals surface area contributed by atoms with Crippen LogP contribution in [-0.4, -0.2) is 4.57 Å². The Morgan fingerprint density at radius 3 is 1.68 bits per heavy atom. The van der Waals surface area contributed by atoms with Crippen molar-refractivity contribution in [3.63, 3.8) is 0 Å². The summed E-state index contributed by atoms with van der Waals surface area (Å²) < 4.78 is 1.46. The van der Waals surface area contributed by atoms with Crippen molar-refractivity contribution in [1.29, 1.82) is 0 Å². The van der Waals surface area contributed by atoms with Crippen LogP contribution >= 0.6 is 0 Å². The Labute approximate surface area is 214 Å². The zero-order valence-corrected chi connectivity index (χ0v) is 21.4. The summed E-state index contributed by atoms with van der Waals surface area (Å²) in [6.07, 6.45) is 0. The fourth-order valence-electron chi connectivity index (χ4n) is 6.41. The van der Waals surface area contributed by atoms with Gasteiger partial charge in [0.15, 0.2) is 0 Å². The summed E-state index contributed by atoms with van der Waals surface area (Å²) in [4.78, 5) is 28.6. The molecule has 0 saturated heterocycles. The lowest BCUT2D eigenvalue weighted by Gasteiger charge is -2.19. The normalized spacial score (nSPS) is 12.5. The summed E-state index contributed by atoms with van der Waals surface area (Å²) >= 11 is 0. The molecule has 0 atom stereocenters. The fraction of sp³-hybridized carbons (Fsp3) is 0.176. The monoisotopic (exact) mass is 481 g/mol. The van der Waals surface area contributed by atoms with Gasteiger partial charge < -0.3 is 0 Å². The van der Waals surface area contributed by atoms with Gasteiger partial charge in [-0.1, -0.05) is 100 Å². The quantitative estimate of drug-likeness (QED) is 0.189. The van der Waals surface area contributed by atoms with Crippen LogP contribution in [0.25, 0.3) is 59.5 Å². The average Bonchev–Trinajstić information content (AvgIpc) is 3.14. The summed E-state index contributed by atoms with van der Waals surface area (Å²) in [5.74, 6) is 0.338. The first-order chi connectivity index (χ1) is 17.9. The van der Waals surface area contributed by atoms with Crippen LogP contribution in [0.5, 0.6) is 0 Å². The molecule has 0 unspecified atom stereocenters. The van der Waals surface area contributed by atoms with Crippen LogP contribution < -0.4 is 11.1 Å². The predicted octanol–water partition coefficient (Wildman–Crippen LogP) is 8.09. The highest BCUT2D eigenvalue weighted by Crippen LogP contribution is 2.42. The third-order valence-corrected chi connectivity index (χ3v) is 8.05. The molecule has 6 aromatic carbocycles. The van der Waals surface area contributed by atoms with Crippen LogP contribution in [0.4, 0.5) is 0 Å². The molecule has 0 aliphatic heterocycles. The fourth-order valence-corrected chi connectivity index (χ4v) is 6.41. The van der Waals surface area contributed by atoms with E-state index in [-0.39, 0.29) is 23.0 Å². The zero-order chi connectivity index (χ0) is 25.6. The SMILES string of the molecule is CC(C)c1cccc(C(C)C)c1-n1c(=O)c2cc3cccc4c5cccc6cccc(c65)c(c2c1=O)c34. The van der Waals surface area contributed by atoms with Crippen molar-refractivity contribution in [3.8, 4) is 5.69 Å². The molecule has 7 rings (SSSR count). The van der Waals surface area contributed by atoms with Crippen molar-refractivity contribution < 1.29 is 0 Å². The molecule has 0 amide bonds. The molecule has 180 valence electrons. The number of hydrogen-bond acceptors (Lipinski definition) is 2. The molecule has 0 radical (unpaired) electrons. The molecule has 3 heteroatoms. The van der Waals surface area contributed by atoms with Crippen LogP contribution in [0, 0.1) is 0 Å². The minimum absolute atomic E-state index is 0.169. The van der Waals surface area contributed by atoms with E-state index in [4.69, 9.17) is 0 Å². The standard InChI is InChI=1S/C34H27NO2/c1-18(2)22-12-8-13-23(19(3)4)32(22)35-33(36)27-17-21-11-7-15-25-24-14-5-9-20-10-6-16-26(28(20)24)30(29(21)25)31(27)34(35)37/h5-19H,1-4H3. The van der Waals surface area contributed by atoms with E-state index in [0.717, 1.165) is 54.5 Å². The van der Waals surface area contributed by atoms with Crippen molar-refractivity contribution >= 4 is 53.9 Å². The summed E-state index contributed by atoms with van der Waals surface area (Å²) in [5.41, 5.74) is 2.34. The maximum absolute atomic E-state index is 14.5. The van der Waals surface area contributed by atoms with E-state index in [9.17, 15) is 9.59 Å². The van der Waals surface area contributed by atoms with Gasteiger partial charge in [0.25, 0.3) is 11.1 Å².